The van der Waals surface area contributed by atoms with E-state index in [1.165, 1.54) is 21.7 Å². The number of allylic oxidation sites excluding steroid dienone is 1. The van der Waals surface area contributed by atoms with Gasteiger partial charge in [-0.2, -0.15) is 0 Å². The van der Waals surface area contributed by atoms with Gasteiger partial charge in [-0.25, -0.2) is 9.97 Å². The molecule has 268 valence electrons. The zero-order valence-electron chi connectivity index (χ0n) is 31.3. The summed E-state index contributed by atoms with van der Waals surface area (Å²) < 4.78 is 4.69. The van der Waals surface area contributed by atoms with Gasteiger partial charge in [0.25, 0.3) is 0 Å². The number of aryl methyl sites for hydroxylation is 1. The normalized spacial score (nSPS) is 11.5. The quantitative estimate of drug-likeness (QED) is 0.153. The Morgan fingerprint density at radius 3 is 1.54 bits per heavy atom. The molecule has 0 atom stereocenters. The minimum Gasteiger partial charge on any atom is -0.309 e. The molecule has 4 heteroatoms. The predicted molar refractivity (Wildman–Crippen MR) is 238 cm³/mol. The molecule has 7 aromatic carbocycles. The molecule has 0 saturated heterocycles. The van der Waals surface area contributed by atoms with Crippen LogP contribution in [-0.4, -0.2) is 19.1 Å². The maximum Gasteiger partial charge on any atom is 0.160 e. The minimum absolute atomic E-state index is 0.666. The van der Waals surface area contributed by atoms with Crippen LogP contribution in [0.25, 0.3) is 95.2 Å². The lowest BCUT2D eigenvalue weighted by Crippen LogP contribution is -2.03. The number of fused-ring (bicyclic) bond motifs is 4. The van der Waals surface area contributed by atoms with Crippen molar-refractivity contribution in [1.29, 1.82) is 0 Å². The van der Waals surface area contributed by atoms with Gasteiger partial charge >= 0.3 is 0 Å². The molecule has 0 saturated carbocycles. The number of hydrogen-bond acceptors (Lipinski definition) is 2. The Morgan fingerprint density at radius 2 is 0.930 bits per heavy atom. The molecular formula is C53H36N4. The van der Waals surface area contributed by atoms with Gasteiger partial charge in [-0.3, -0.25) is 0 Å². The van der Waals surface area contributed by atoms with Gasteiger partial charge in [0.15, 0.2) is 5.82 Å². The van der Waals surface area contributed by atoms with Crippen molar-refractivity contribution < 1.29 is 0 Å². The topological polar surface area (TPSA) is 35.6 Å². The van der Waals surface area contributed by atoms with Crippen molar-refractivity contribution in [3.05, 3.63) is 199 Å². The number of nitrogens with zero attached hydrogens (tertiary/aromatic N) is 4. The highest BCUT2D eigenvalue weighted by Gasteiger charge is 2.19. The van der Waals surface area contributed by atoms with Gasteiger partial charge in [-0.1, -0.05) is 145 Å². The summed E-state index contributed by atoms with van der Waals surface area (Å²) >= 11 is 0. The lowest BCUT2D eigenvalue weighted by molar-refractivity contribution is 1.08. The van der Waals surface area contributed by atoms with E-state index in [1.807, 2.05) is 30.3 Å². The van der Waals surface area contributed by atoms with Crippen LogP contribution < -0.4 is 0 Å². The number of hydrogen-bond donors (Lipinski definition) is 0. The van der Waals surface area contributed by atoms with Crippen molar-refractivity contribution in [2.24, 2.45) is 0 Å². The number of benzene rings is 7. The molecule has 10 aromatic rings. The van der Waals surface area contributed by atoms with Gasteiger partial charge in [0.1, 0.15) is 0 Å². The molecule has 0 aliphatic heterocycles. The molecule has 0 amide bonds. The molecule has 10 rings (SSSR count). The molecule has 0 bridgehead atoms. The van der Waals surface area contributed by atoms with Gasteiger partial charge in [0.2, 0.25) is 0 Å². The number of para-hydroxylation sites is 3. The first kappa shape index (κ1) is 33.8. The van der Waals surface area contributed by atoms with Crippen LogP contribution in [0.2, 0.25) is 0 Å². The number of terminal acetylenes is 1. The minimum atomic E-state index is 0.666. The van der Waals surface area contributed by atoms with Crippen molar-refractivity contribution in [2.75, 3.05) is 0 Å². The second kappa shape index (κ2) is 14.2. The van der Waals surface area contributed by atoms with E-state index in [9.17, 15) is 0 Å². The third kappa shape index (κ3) is 5.99. The Hall–Kier alpha value is -7.74. The summed E-state index contributed by atoms with van der Waals surface area (Å²) in [6.45, 7) is 2.17. The maximum atomic E-state index is 5.80. The van der Waals surface area contributed by atoms with Crippen molar-refractivity contribution in [3.63, 3.8) is 0 Å². The Labute approximate surface area is 331 Å². The van der Waals surface area contributed by atoms with Crippen LogP contribution in [0.1, 0.15) is 11.3 Å². The molecule has 0 aliphatic rings. The smallest absolute Gasteiger partial charge is 0.160 e. The monoisotopic (exact) mass is 728 g/mol. The predicted octanol–water partition coefficient (Wildman–Crippen LogP) is 13.1. The van der Waals surface area contributed by atoms with Gasteiger partial charge in [-0.05, 0) is 78.2 Å². The molecule has 0 unspecified atom stereocenters. The van der Waals surface area contributed by atoms with Crippen LogP contribution in [0.3, 0.4) is 0 Å². The molecular weight excluding hydrogens is 693 g/mol. The number of rotatable bonds is 7. The van der Waals surface area contributed by atoms with Crippen molar-refractivity contribution in [3.8, 4) is 68.7 Å². The van der Waals surface area contributed by atoms with E-state index < -0.39 is 0 Å². The molecule has 0 N–H and O–H groups in total. The lowest BCUT2D eigenvalue weighted by atomic mass is 10.0. The molecule has 3 heterocycles. The van der Waals surface area contributed by atoms with E-state index in [4.69, 9.17) is 16.4 Å². The van der Waals surface area contributed by atoms with Gasteiger partial charge in [0, 0.05) is 44.2 Å². The molecule has 0 aliphatic carbocycles. The lowest BCUT2D eigenvalue weighted by Gasteiger charge is -2.17. The van der Waals surface area contributed by atoms with Crippen LogP contribution in [0.5, 0.6) is 0 Å². The SMILES string of the molecule is C#C/C=C\c1c(C)c2ccccc2n1-c1cc(-c2cc(-c3ccc(-c4ccccc4)cc3)nc(-c3ccccc3)n2)cc(-n2c3ccccc3c3ccccc32)c1. The summed E-state index contributed by atoms with van der Waals surface area (Å²) in [7, 11) is 0. The van der Waals surface area contributed by atoms with Crippen LogP contribution in [0.15, 0.2) is 188 Å². The van der Waals surface area contributed by atoms with Gasteiger partial charge < -0.3 is 9.13 Å². The van der Waals surface area contributed by atoms with E-state index in [1.54, 1.807) is 6.08 Å². The van der Waals surface area contributed by atoms with Crippen molar-refractivity contribution >= 4 is 38.8 Å². The Morgan fingerprint density at radius 1 is 0.456 bits per heavy atom. The van der Waals surface area contributed by atoms with E-state index in [2.05, 4.69) is 180 Å². The standard InChI is InChI=1S/C53H36N4/c1-3-4-24-49-36(2)44-21-11-14-25-50(44)56(49)42-32-41(33-43(34-42)57-51-26-15-12-22-45(51)46-23-13-16-27-52(46)57)48-35-47(54-53(55-48)40-19-9-6-10-20-40)39-30-28-38(29-31-39)37-17-7-5-8-18-37/h1,4-35H,2H3/b24-4-. The zero-order valence-corrected chi connectivity index (χ0v) is 31.3. The van der Waals surface area contributed by atoms with Crippen LogP contribution in [-0.2, 0) is 0 Å². The second-order valence-corrected chi connectivity index (χ2v) is 14.2. The second-order valence-electron chi connectivity index (χ2n) is 14.2. The first-order valence-electron chi connectivity index (χ1n) is 19.1. The van der Waals surface area contributed by atoms with Gasteiger partial charge in [0.05, 0.1) is 33.6 Å². The summed E-state index contributed by atoms with van der Waals surface area (Å²) in [6.07, 6.45) is 9.62. The molecule has 0 radical (unpaired) electrons. The van der Waals surface area contributed by atoms with Crippen LogP contribution >= 0.6 is 0 Å². The third-order valence-electron chi connectivity index (χ3n) is 10.9. The van der Waals surface area contributed by atoms with Crippen molar-refractivity contribution in [1.82, 2.24) is 19.1 Å². The summed E-state index contributed by atoms with van der Waals surface area (Å²) in [5.41, 5.74) is 14.5. The molecule has 0 spiro atoms. The maximum absolute atomic E-state index is 5.80. The molecule has 57 heavy (non-hydrogen) atoms. The highest BCUT2D eigenvalue weighted by Crippen LogP contribution is 2.38. The van der Waals surface area contributed by atoms with Crippen LogP contribution in [0, 0.1) is 19.3 Å². The van der Waals surface area contributed by atoms with E-state index in [0.717, 1.165) is 72.8 Å². The van der Waals surface area contributed by atoms with E-state index >= 15 is 0 Å². The molecule has 0 fully saturated rings. The van der Waals surface area contributed by atoms with E-state index in [-0.39, 0.29) is 0 Å². The fraction of sp³-hybridized carbons (Fsp3) is 0.0189. The summed E-state index contributed by atoms with van der Waals surface area (Å²) in [6, 6.07) is 64.0. The fourth-order valence-electron chi connectivity index (χ4n) is 8.15. The van der Waals surface area contributed by atoms with Crippen LogP contribution in [0.4, 0.5) is 0 Å². The summed E-state index contributed by atoms with van der Waals surface area (Å²) in [4.78, 5) is 10.5. The summed E-state index contributed by atoms with van der Waals surface area (Å²) in [5, 5.41) is 3.58. The Bertz CT molecular complexity index is 3120. The first-order chi connectivity index (χ1) is 28.1. The zero-order chi connectivity index (χ0) is 38.3. The largest absolute Gasteiger partial charge is 0.309 e. The van der Waals surface area contributed by atoms with E-state index in [0.29, 0.717) is 5.82 Å². The fourth-order valence-corrected chi connectivity index (χ4v) is 8.15. The highest BCUT2D eigenvalue weighted by atomic mass is 15.0. The first-order valence-corrected chi connectivity index (χ1v) is 19.1. The number of aromatic nitrogens is 4. The average molecular weight is 729 g/mol. The third-order valence-corrected chi connectivity index (χ3v) is 10.9. The van der Waals surface area contributed by atoms with Crippen molar-refractivity contribution in [2.45, 2.75) is 6.92 Å². The molecule has 3 aromatic heterocycles. The average Bonchev–Trinajstić information content (AvgIpc) is 3.77. The van der Waals surface area contributed by atoms with Gasteiger partial charge in [-0.15, -0.1) is 6.42 Å². The highest BCUT2D eigenvalue weighted by molar-refractivity contribution is 6.09. The summed E-state index contributed by atoms with van der Waals surface area (Å²) in [5.74, 6) is 3.38. The Kier molecular flexibility index (Phi) is 8.39. The Balaban J connectivity index is 1.25. The molecule has 4 nitrogen and oxygen atoms in total.